The van der Waals surface area contributed by atoms with Crippen molar-refractivity contribution in [2.24, 2.45) is 0 Å². The molecule has 0 bridgehead atoms. The van der Waals surface area contributed by atoms with Gasteiger partial charge in [-0.3, -0.25) is 9.88 Å². The van der Waals surface area contributed by atoms with Gasteiger partial charge in [0.2, 0.25) is 0 Å². The standard InChI is InChI=1S/C15H19N3O/c1-18(12-6-8-19-10-12)9-11-4-5-14(16)13-3-2-7-17-15(11)13/h2-5,7,12H,6,8-10,16H2,1H3. The smallest absolute Gasteiger partial charge is 0.0767 e. The average molecular weight is 257 g/mol. The van der Waals surface area contributed by atoms with E-state index in [1.54, 1.807) is 0 Å². The van der Waals surface area contributed by atoms with Crippen LogP contribution in [-0.2, 0) is 11.3 Å². The molecule has 1 aliphatic heterocycles. The Kier molecular flexibility index (Phi) is 3.36. The number of nitrogen functional groups attached to an aromatic ring is 1. The lowest BCUT2D eigenvalue weighted by molar-refractivity contribution is 0.156. The first kappa shape index (κ1) is 12.4. The van der Waals surface area contributed by atoms with E-state index in [4.69, 9.17) is 10.5 Å². The molecule has 4 heteroatoms. The monoisotopic (exact) mass is 257 g/mol. The van der Waals surface area contributed by atoms with Gasteiger partial charge in [0.15, 0.2) is 0 Å². The summed E-state index contributed by atoms with van der Waals surface area (Å²) in [4.78, 5) is 6.82. The molecule has 19 heavy (non-hydrogen) atoms. The lowest BCUT2D eigenvalue weighted by atomic mass is 10.1. The van der Waals surface area contributed by atoms with Gasteiger partial charge in [-0.15, -0.1) is 0 Å². The van der Waals surface area contributed by atoms with Gasteiger partial charge in [0.1, 0.15) is 0 Å². The summed E-state index contributed by atoms with van der Waals surface area (Å²) in [6, 6.07) is 8.52. The first-order valence-electron chi connectivity index (χ1n) is 6.66. The Balaban J connectivity index is 1.90. The number of nitrogens with two attached hydrogens (primary N) is 1. The fourth-order valence-corrected chi connectivity index (χ4v) is 2.65. The maximum Gasteiger partial charge on any atom is 0.0767 e. The minimum Gasteiger partial charge on any atom is -0.398 e. The zero-order valence-corrected chi connectivity index (χ0v) is 11.2. The highest BCUT2D eigenvalue weighted by molar-refractivity contribution is 5.92. The Morgan fingerprint density at radius 2 is 2.32 bits per heavy atom. The maximum absolute atomic E-state index is 6.00. The van der Waals surface area contributed by atoms with Crippen molar-refractivity contribution in [3.63, 3.8) is 0 Å². The van der Waals surface area contributed by atoms with Gasteiger partial charge in [-0.2, -0.15) is 0 Å². The SMILES string of the molecule is CN(Cc1ccc(N)c2cccnc12)C1CCOC1. The minimum absolute atomic E-state index is 0.510. The second-order valence-electron chi connectivity index (χ2n) is 5.15. The fraction of sp³-hybridized carbons (Fsp3) is 0.400. The van der Waals surface area contributed by atoms with Crippen LogP contribution in [0.4, 0.5) is 5.69 Å². The van der Waals surface area contributed by atoms with Crippen LogP contribution in [0.1, 0.15) is 12.0 Å². The van der Waals surface area contributed by atoms with Crippen molar-refractivity contribution in [1.29, 1.82) is 0 Å². The van der Waals surface area contributed by atoms with E-state index in [0.717, 1.165) is 42.8 Å². The Morgan fingerprint density at radius 1 is 1.42 bits per heavy atom. The number of rotatable bonds is 3. The molecule has 2 aromatic rings. The van der Waals surface area contributed by atoms with Crippen molar-refractivity contribution in [3.05, 3.63) is 36.0 Å². The highest BCUT2D eigenvalue weighted by Crippen LogP contribution is 2.24. The number of fused-ring (bicyclic) bond motifs is 1. The van der Waals surface area contributed by atoms with Crippen LogP contribution in [-0.4, -0.2) is 36.2 Å². The molecule has 4 nitrogen and oxygen atoms in total. The van der Waals surface area contributed by atoms with Gasteiger partial charge in [0, 0.05) is 36.5 Å². The fourth-order valence-electron chi connectivity index (χ4n) is 2.65. The summed E-state index contributed by atoms with van der Waals surface area (Å²) in [5, 5.41) is 1.04. The van der Waals surface area contributed by atoms with E-state index >= 15 is 0 Å². The van der Waals surface area contributed by atoms with Crippen molar-refractivity contribution in [2.45, 2.75) is 19.0 Å². The minimum atomic E-state index is 0.510. The molecule has 1 fully saturated rings. The predicted molar refractivity (Wildman–Crippen MR) is 76.8 cm³/mol. The quantitative estimate of drug-likeness (QED) is 0.855. The topological polar surface area (TPSA) is 51.4 Å². The highest BCUT2D eigenvalue weighted by atomic mass is 16.5. The van der Waals surface area contributed by atoms with E-state index in [9.17, 15) is 0 Å². The predicted octanol–water partition coefficient (Wildman–Crippen LogP) is 2.04. The molecule has 1 aliphatic rings. The van der Waals surface area contributed by atoms with Gasteiger partial charge in [-0.1, -0.05) is 6.07 Å². The van der Waals surface area contributed by atoms with Crippen LogP contribution in [0.3, 0.4) is 0 Å². The average Bonchev–Trinajstić information content (AvgIpc) is 2.96. The molecule has 3 rings (SSSR count). The van der Waals surface area contributed by atoms with Crippen LogP contribution in [0.5, 0.6) is 0 Å². The van der Waals surface area contributed by atoms with Crippen LogP contribution >= 0.6 is 0 Å². The van der Waals surface area contributed by atoms with Gasteiger partial charge >= 0.3 is 0 Å². The van der Waals surface area contributed by atoms with Gasteiger partial charge in [-0.05, 0) is 37.2 Å². The summed E-state index contributed by atoms with van der Waals surface area (Å²) in [6.07, 6.45) is 2.93. The molecule has 0 saturated carbocycles. The Hall–Kier alpha value is -1.65. The summed E-state index contributed by atoms with van der Waals surface area (Å²) in [7, 11) is 2.14. The Morgan fingerprint density at radius 3 is 3.11 bits per heavy atom. The van der Waals surface area contributed by atoms with E-state index in [0.29, 0.717) is 6.04 Å². The zero-order chi connectivity index (χ0) is 13.2. The third-order valence-electron chi connectivity index (χ3n) is 3.84. The third kappa shape index (κ3) is 2.41. The van der Waals surface area contributed by atoms with E-state index in [-0.39, 0.29) is 0 Å². The Labute approximate surface area is 113 Å². The van der Waals surface area contributed by atoms with Gasteiger partial charge in [0.05, 0.1) is 12.1 Å². The Bertz CT molecular complexity index is 579. The molecule has 0 radical (unpaired) electrons. The number of pyridine rings is 1. The van der Waals surface area contributed by atoms with Crippen LogP contribution in [0, 0.1) is 0 Å². The molecule has 0 aliphatic carbocycles. The van der Waals surface area contributed by atoms with Gasteiger partial charge < -0.3 is 10.5 Å². The second-order valence-corrected chi connectivity index (χ2v) is 5.15. The molecular formula is C15H19N3O. The van der Waals surface area contributed by atoms with Crippen LogP contribution in [0.2, 0.25) is 0 Å². The number of hydrogen-bond acceptors (Lipinski definition) is 4. The van der Waals surface area contributed by atoms with E-state index in [1.165, 1.54) is 5.56 Å². The van der Waals surface area contributed by atoms with Crippen molar-refractivity contribution < 1.29 is 4.74 Å². The summed E-state index contributed by atoms with van der Waals surface area (Å²) < 4.78 is 5.45. The first-order chi connectivity index (χ1) is 9.25. The number of benzene rings is 1. The third-order valence-corrected chi connectivity index (χ3v) is 3.84. The number of anilines is 1. The molecule has 1 aromatic heterocycles. The normalized spacial score (nSPS) is 19.4. The second kappa shape index (κ2) is 5.15. The number of hydrogen-bond donors (Lipinski definition) is 1. The van der Waals surface area contributed by atoms with Crippen molar-refractivity contribution in [2.75, 3.05) is 26.0 Å². The number of nitrogens with zero attached hydrogens (tertiary/aromatic N) is 2. The first-order valence-corrected chi connectivity index (χ1v) is 6.66. The van der Waals surface area contributed by atoms with Crippen LogP contribution in [0.25, 0.3) is 10.9 Å². The molecule has 2 N–H and O–H groups in total. The molecule has 100 valence electrons. The summed E-state index contributed by atoms with van der Waals surface area (Å²) in [5.74, 6) is 0. The number of likely N-dealkylation sites (N-methyl/N-ethyl adjacent to an activating group) is 1. The molecule has 1 atom stereocenters. The summed E-state index contributed by atoms with van der Waals surface area (Å²) >= 11 is 0. The largest absolute Gasteiger partial charge is 0.398 e. The molecule has 0 spiro atoms. The van der Waals surface area contributed by atoms with E-state index < -0.39 is 0 Å². The van der Waals surface area contributed by atoms with E-state index in [1.807, 2.05) is 24.4 Å². The van der Waals surface area contributed by atoms with Crippen LogP contribution in [0.15, 0.2) is 30.5 Å². The highest BCUT2D eigenvalue weighted by Gasteiger charge is 2.20. The van der Waals surface area contributed by atoms with Crippen molar-refractivity contribution in [3.8, 4) is 0 Å². The number of aromatic nitrogens is 1. The van der Waals surface area contributed by atoms with Crippen molar-refractivity contribution >= 4 is 16.6 Å². The number of ether oxygens (including phenoxy) is 1. The van der Waals surface area contributed by atoms with Crippen LogP contribution < -0.4 is 5.73 Å². The van der Waals surface area contributed by atoms with Crippen molar-refractivity contribution in [1.82, 2.24) is 9.88 Å². The molecule has 0 amide bonds. The lowest BCUT2D eigenvalue weighted by Crippen LogP contribution is -2.31. The summed E-state index contributed by atoms with van der Waals surface area (Å²) in [5.41, 5.74) is 9.02. The maximum atomic E-state index is 6.00. The molecule has 1 saturated heterocycles. The zero-order valence-electron chi connectivity index (χ0n) is 11.2. The van der Waals surface area contributed by atoms with E-state index in [2.05, 4.69) is 23.0 Å². The van der Waals surface area contributed by atoms with Gasteiger partial charge in [0.25, 0.3) is 0 Å². The summed E-state index contributed by atoms with van der Waals surface area (Å²) in [6.45, 7) is 2.58. The molecule has 1 aromatic carbocycles. The van der Waals surface area contributed by atoms with Gasteiger partial charge in [-0.25, -0.2) is 0 Å². The molecule has 1 unspecified atom stereocenters. The molecule has 2 heterocycles. The molecular weight excluding hydrogens is 238 g/mol. The lowest BCUT2D eigenvalue weighted by Gasteiger charge is -2.23.